The van der Waals surface area contributed by atoms with E-state index in [2.05, 4.69) is 12.1 Å². The Morgan fingerprint density at radius 1 is 0.793 bits per heavy atom. The molecule has 4 aromatic rings. The van der Waals surface area contributed by atoms with Crippen molar-refractivity contribution in [1.82, 2.24) is 9.55 Å². The highest BCUT2D eigenvalue weighted by Crippen LogP contribution is 2.32. The summed E-state index contributed by atoms with van der Waals surface area (Å²) in [6.45, 7) is 0. The standard InChI is InChI=1S/C24H15ClN4/c25-23(20-4-2-1-3-5-20)24-28-22(19-10-6-17(14-26)7-11-19)16-29(24)21-12-8-18(15-27)9-13-21/h1-13,16,23H. The number of hydrogen-bond donors (Lipinski definition) is 0. The lowest BCUT2D eigenvalue weighted by atomic mass is 10.1. The summed E-state index contributed by atoms with van der Waals surface area (Å²) in [7, 11) is 0. The number of rotatable bonds is 4. The molecule has 29 heavy (non-hydrogen) atoms. The fourth-order valence-corrected chi connectivity index (χ4v) is 3.40. The molecule has 4 nitrogen and oxygen atoms in total. The quantitative estimate of drug-likeness (QED) is 0.422. The lowest BCUT2D eigenvalue weighted by Gasteiger charge is -2.13. The number of nitriles is 2. The van der Waals surface area contributed by atoms with Crippen LogP contribution in [0.15, 0.2) is 85.1 Å². The molecule has 0 aliphatic rings. The van der Waals surface area contributed by atoms with Gasteiger partial charge in [0.05, 0.1) is 29.0 Å². The first-order chi connectivity index (χ1) is 14.2. The maximum Gasteiger partial charge on any atom is 0.136 e. The van der Waals surface area contributed by atoms with Gasteiger partial charge in [0.1, 0.15) is 11.2 Å². The van der Waals surface area contributed by atoms with Crippen LogP contribution in [0, 0.1) is 22.7 Å². The van der Waals surface area contributed by atoms with Gasteiger partial charge < -0.3 is 4.57 Å². The molecule has 0 aliphatic heterocycles. The molecule has 0 N–H and O–H groups in total. The first kappa shape index (κ1) is 18.5. The van der Waals surface area contributed by atoms with Crippen LogP contribution in [-0.2, 0) is 0 Å². The average molecular weight is 395 g/mol. The normalized spacial score (nSPS) is 11.4. The van der Waals surface area contributed by atoms with Crippen molar-refractivity contribution < 1.29 is 0 Å². The molecular weight excluding hydrogens is 380 g/mol. The maximum absolute atomic E-state index is 9.07. The number of hydrogen-bond acceptors (Lipinski definition) is 3. The van der Waals surface area contributed by atoms with Crippen LogP contribution in [0.4, 0.5) is 0 Å². The topological polar surface area (TPSA) is 65.4 Å². The van der Waals surface area contributed by atoms with E-state index in [4.69, 9.17) is 27.1 Å². The average Bonchev–Trinajstić information content (AvgIpc) is 3.24. The Labute approximate surface area is 173 Å². The summed E-state index contributed by atoms with van der Waals surface area (Å²) in [6, 6.07) is 28.6. The van der Waals surface area contributed by atoms with E-state index in [0.717, 1.165) is 22.5 Å². The molecular formula is C24H15ClN4. The van der Waals surface area contributed by atoms with Gasteiger partial charge in [-0.2, -0.15) is 10.5 Å². The van der Waals surface area contributed by atoms with E-state index in [-0.39, 0.29) is 0 Å². The molecule has 0 radical (unpaired) electrons. The highest BCUT2D eigenvalue weighted by atomic mass is 35.5. The van der Waals surface area contributed by atoms with E-state index in [1.165, 1.54) is 0 Å². The van der Waals surface area contributed by atoms with E-state index in [1.807, 2.05) is 65.4 Å². The minimum absolute atomic E-state index is 0.445. The Morgan fingerprint density at radius 2 is 1.38 bits per heavy atom. The summed E-state index contributed by atoms with van der Waals surface area (Å²) in [6.07, 6.45) is 1.93. The molecule has 1 unspecified atom stereocenters. The number of imidazole rings is 1. The Balaban J connectivity index is 1.83. The lowest BCUT2D eigenvalue weighted by molar-refractivity contribution is 0.893. The molecule has 0 bridgehead atoms. The smallest absolute Gasteiger partial charge is 0.136 e. The van der Waals surface area contributed by atoms with Crippen LogP contribution in [0.3, 0.4) is 0 Å². The highest BCUT2D eigenvalue weighted by Gasteiger charge is 2.20. The first-order valence-electron chi connectivity index (χ1n) is 8.99. The molecule has 0 spiro atoms. The van der Waals surface area contributed by atoms with Crippen molar-refractivity contribution in [2.24, 2.45) is 0 Å². The van der Waals surface area contributed by atoms with Gasteiger partial charge in [0.25, 0.3) is 0 Å². The van der Waals surface area contributed by atoms with Gasteiger partial charge in [-0.1, -0.05) is 42.5 Å². The van der Waals surface area contributed by atoms with Crippen LogP contribution in [0.2, 0.25) is 0 Å². The van der Waals surface area contributed by atoms with Crippen molar-refractivity contribution >= 4 is 11.6 Å². The molecule has 0 fully saturated rings. The summed E-state index contributed by atoms with van der Waals surface area (Å²) in [5, 5.41) is 17.7. The van der Waals surface area contributed by atoms with Gasteiger partial charge in [-0.05, 0) is 42.0 Å². The lowest BCUT2D eigenvalue weighted by Crippen LogP contribution is -2.04. The van der Waals surface area contributed by atoms with Crippen molar-refractivity contribution in [3.8, 4) is 29.1 Å². The van der Waals surface area contributed by atoms with Gasteiger partial charge in [-0.25, -0.2) is 4.98 Å². The van der Waals surface area contributed by atoms with Crippen molar-refractivity contribution in [3.63, 3.8) is 0 Å². The first-order valence-corrected chi connectivity index (χ1v) is 9.42. The molecule has 0 aliphatic carbocycles. The predicted molar refractivity (Wildman–Crippen MR) is 113 cm³/mol. The summed E-state index contributed by atoms with van der Waals surface area (Å²) in [4.78, 5) is 4.81. The fraction of sp³-hybridized carbons (Fsp3) is 0.0417. The number of aromatic nitrogens is 2. The van der Waals surface area contributed by atoms with E-state index in [9.17, 15) is 0 Å². The molecule has 5 heteroatoms. The third-order valence-corrected chi connectivity index (χ3v) is 5.08. The maximum atomic E-state index is 9.07. The minimum Gasteiger partial charge on any atom is -0.302 e. The fourth-order valence-electron chi connectivity index (χ4n) is 3.10. The van der Waals surface area contributed by atoms with E-state index in [0.29, 0.717) is 17.0 Å². The number of halogens is 1. The Bertz CT molecular complexity index is 1210. The summed E-state index contributed by atoms with van der Waals surface area (Å²) in [5.41, 5.74) is 4.66. The molecule has 4 rings (SSSR count). The molecule has 1 aromatic heterocycles. The van der Waals surface area contributed by atoms with Crippen LogP contribution in [0.5, 0.6) is 0 Å². The second kappa shape index (κ2) is 8.02. The zero-order chi connectivity index (χ0) is 20.2. The van der Waals surface area contributed by atoms with Crippen LogP contribution in [0.1, 0.15) is 27.9 Å². The monoisotopic (exact) mass is 394 g/mol. The zero-order valence-electron chi connectivity index (χ0n) is 15.3. The van der Waals surface area contributed by atoms with Gasteiger partial charge in [0.15, 0.2) is 0 Å². The molecule has 0 saturated heterocycles. The zero-order valence-corrected chi connectivity index (χ0v) is 16.1. The Hall–Kier alpha value is -3.86. The number of benzene rings is 3. The van der Waals surface area contributed by atoms with Gasteiger partial charge in [0, 0.05) is 17.4 Å². The number of alkyl halides is 1. The Kier molecular flexibility index (Phi) is 5.12. The van der Waals surface area contributed by atoms with Crippen LogP contribution < -0.4 is 0 Å². The molecule has 1 heterocycles. The van der Waals surface area contributed by atoms with Crippen LogP contribution in [0.25, 0.3) is 16.9 Å². The summed E-state index contributed by atoms with van der Waals surface area (Å²) < 4.78 is 1.94. The molecule has 3 aromatic carbocycles. The third-order valence-electron chi connectivity index (χ3n) is 4.64. The van der Waals surface area contributed by atoms with Crippen LogP contribution >= 0.6 is 11.6 Å². The minimum atomic E-state index is -0.445. The molecule has 138 valence electrons. The summed E-state index contributed by atoms with van der Waals surface area (Å²) in [5.74, 6) is 0.682. The molecule has 1 atom stereocenters. The highest BCUT2D eigenvalue weighted by molar-refractivity contribution is 6.22. The number of nitrogens with zero attached hydrogens (tertiary/aromatic N) is 4. The second-order valence-corrected chi connectivity index (χ2v) is 6.91. The molecule has 0 saturated carbocycles. The van der Waals surface area contributed by atoms with Gasteiger partial charge in [-0.15, -0.1) is 11.6 Å². The van der Waals surface area contributed by atoms with Crippen molar-refractivity contribution in [3.05, 3.63) is 108 Å². The van der Waals surface area contributed by atoms with Gasteiger partial charge in [0.2, 0.25) is 0 Å². The third kappa shape index (κ3) is 3.75. The van der Waals surface area contributed by atoms with Crippen molar-refractivity contribution in [1.29, 1.82) is 10.5 Å². The van der Waals surface area contributed by atoms with E-state index < -0.39 is 5.38 Å². The van der Waals surface area contributed by atoms with Crippen LogP contribution in [-0.4, -0.2) is 9.55 Å². The van der Waals surface area contributed by atoms with Crippen molar-refractivity contribution in [2.75, 3.05) is 0 Å². The van der Waals surface area contributed by atoms with Gasteiger partial charge >= 0.3 is 0 Å². The predicted octanol–water partition coefficient (Wildman–Crippen LogP) is 5.61. The second-order valence-electron chi connectivity index (χ2n) is 6.48. The summed E-state index contributed by atoms with van der Waals surface area (Å²) >= 11 is 6.81. The van der Waals surface area contributed by atoms with Crippen molar-refractivity contribution in [2.45, 2.75) is 5.38 Å². The SMILES string of the molecule is N#Cc1ccc(-c2cn(-c3ccc(C#N)cc3)c(C(Cl)c3ccccc3)n2)cc1. The molecule has 0 amide bonds. The largest absolute Gasteiger partial charge is 0.302 e. The van der Waals surface area contributed by atoms with E-state index >= 15 is 0 Å². The van der Waals surface area contributed by atoms with Gasteiger partial charge in [-0.3, -0.25) is 0 Å². The Morgan fingerprint density at radius 3 is 1.97 bits per heavy atom. The van der Waals surface area contributed by atoms with E-state index in [1.54, 1.807) is 24.3 Å².